The highest BCUT2D eigenvalue weighted by Crippen LogP contribution is 2.34. The van der Waals surface area contributed by atoms with Crippen LogP contribution in [0.1, 0.15) is 18.2 Å². The minimum atomic E-state index is -4.56. The number of alkyl halides is 3. The first-order valence-electron chi connectivity index (χ1n) is 10.6. The van der Waals surface area contributed by atoms with Gasteiger partial charge in [0.2, 0.25) is 0 Å². The largest absolute Gasteiger partial charge is 0.456 e. The minimum absolute atomic E-state index is 0.0575. The van der Waals surface area contributed by atoms with Gasteiger partial charge in [-0.15, -0.1) is 0 Å². The van der Waals surface area contributed by atoms with E-state index in [4.69, 9.17) is 16.3 Å². The van der Waals surface area contributed by atoms with Crippen LogP contribution >= 0.6 is 11.6 Å². The van der Waals surface area contributed by atoms with E-state index in [0.717, 1.165) is 12.1 Å². The molecule has 0 saturated carbocycles. The van der Waals surface area contributed by atoms with E-state index in [1.807, 2.05) is 6.07 Å². The van der Waals surface area contributed by atoms with Crippen molar-refractivity contribution >= 4 is 27.4 Å². The Kier molecular flexibility index (Phi) is 7.11. The number of hydrogen-bond donors (Lipinski definition) is 1. The quantitative estimate of drug-likeness (QED) is 0.299. The summed E-state index contributed by atoms with van der Waals surface area (Å²) in [5, 5.41) is 13.3. The van der Waals surface area contributed by atoms with Crippen LogP contribution in [0.2, 0.25) is 5.02 Å². The summed E-state index contributed by atoms with van der Waals surface area (Å²) in [6.45, 7) is 1.92. The Labute approximate surface area is 215 Å². The minimum Gasteiger partial charge on any atom is -0.456 e. The van der Waals surface area contributed by atoms with Crippen LogP contribution < -0.4 is 9.46 Å². The lowest BCUT2D eigenvalue weighted by atomic mass is 10.1. The molecule has 2 aromatic carbocycles. The monoisotopic (exact) mass is 547 g/mol. The highest BCUT2D eigenvalue weighted by molar-refractivity contribution is 7.92. The fraction of sp³-hybridized carbons (Fsp3) is 0.125. The Bertz CT molecular complexity index is 1600. The van der Waals surface area contributed by atoms with E-state index < -0.39 is 21.9 Å². The number of nitrogens with zero attached hydrogens (tertiary/aromatic N) is 4. The molecule has 4 rings (SSSR count). The summed E-state index contributed by atoms with van der Waals surface area (Å²) in [7, 11) is -4.10. The van der Waals surface area contributed by atoms with Crippen molar-refractivity contribution in [2.45, 2.75) is 24.5 Å². The average molecular weight is 548 g/mol. The zero-order valence-corrected chi connectivity index (χ0v) is 20.6. The van der Waals surface area contributed by atoms with Crippen molar-refractivity contribution in [2.24, 2.45) is 0 Å². The van der Waals surface area contributed by atoms with Crippen LogP contribution in [0.5, 0.6) is 11.5 Å². The van der Waals surface area contributed by atoms with E-state index in [1.54, 1.807) is 25.1 Å². The molecule has 13 heteroatoms. The lowest BCUT2D eigenvalue weighted by Gasteiger charge is -2.12. The van der Waals surface area contributed by atoms with Gasteiger partial charge in [0.1, 0.15) is 17.6 Å². The van der Waals surface area contributed by atoms with Gasteiger partial charge in [-0.05, 0) is 67.6 Å². The SMILES string of the molecule is CCn1nc(C(F)(F)F)cc1-c1ccc(Oc2ccc(S(=O)(=O)Nc3ncccc3Cl)cc2C#N)cc1. The second-order valence-corrected chi connectivity index (χ2v) is 9.65. The standard InChI is InChI=1S/C24H17ClF3N5O3S/c1-2-33-20(13-22(31-33)24(26,27)28)15-5-7-17(8-6-15)36-21-10-9-18(12-16(21)14-29)37(34,35)32-23-19(25)4-3-11-30-23/h3-13H,2H2,1H3,(H,30,32). The zero-order valence-electron chi connectivity index (χ0n) is 19.0. The number of halogens is 4. The second-order valence-electron chi connectivity index (χ2n) is 7.56. The lowest BCUT2D eigenvalue weighted by Crippen LogP contribution is -2.14. The normalized spacial score (nSPS) is 11.7. The molecule has 0 amide bonds. The van der Waals surface area contributed by atoms with Crippen molar-refractivity contribution in [3.63, 3.8) is 0 Å². The van der Waals surface area contributed by atoms with E-state index in [9.17, 15) is 26.9 Å². The van der Waals surface area contributed by atoms with Crippen molar-refractivity contribution in [3.05, 3.63) is 83.1 Å². The molecule has 1 N–H and O–H groups in total. The smallest absolute Gasteiger partial charge is 0.435 e. The topological polar surface area (TPSA) is 110 Å². The van der Waals surface area contributed by atoms with Crippen molar-refractivity contribution in [3.8, 4) is 28.8 Å². The number of nitriles is 1. The van der Waals surface area contributed by atoms with Gasteiger partial charge in [0.25, 0.3) is 10.0 Å². The molecule has 0 bridgehead atoms. The first kappa shape index (κ1) is 26.0. The van der Waals surface area contributed by atoms with Crippen molar-refractivity contribution in [1.82, 2.24) is 14.8 Å². The number of nitrogens with one attached hydrogen (secondary N) is 1. The molecule has 0 radical (unpaired) electrons. The third-order valence-electron chi connectivity index (χ3n) is 5.12. The van der Waals surface area contributed by atoms with Gasteiger partial charge in [-0.2, -0.15) is 23.5 Å². The maximum atomic E-state index is 13.1. The van der Waals surface area contributed by atoms with E-state index in [-0.39, 0.29) is 45.0 Å². The van der Waals surface area contributed by atoms with Crippen LogP contribution in [-0.2, 0) is 22.7 Å². The summed E-state index contributed by atoms with van der Waals surface area (Å²) in [6, 6.07) is 15.8. The number of hydrogen-bond acceptors (Lipinski definition) is 6. The van der Waals surface area contributed by atoms with Crippen molar-refractivity contribution in [2.75, 3.05) is 4.72 Å². The van der Waals surface area contributed by atoms with E-state index >= 15 is 0 Å². The first-order valence-corrected chi connectivity index (χ1v) is 12.5. The molecule has 0 fully saturated rings. The number of aromatic nitrogens is 3. The molecule has 2 aromatic heterocycles. The highest BCUT2D eigenvalue weighted by atomic mass is 35.5. The van der Waals surface area contributed by atoms with E-state index in [1.165, 1.54) is 41.2 Å². The molecular weight excluding hydrogens is 531 g/mol. The first-order chi connectivity index (χ1) is 17.5. The van der Waals surface area contributed by atoms with Crippen molar-refractivity contribution in [1.29, 1.82) is 5.26 Å². The van der Waals surface area contributed by atoms with Crippen LogP contribution in [-0.4, -0.2) is 23.2 Å². The number of anilines is 1. The van der Waals surface area contributed by atoms with Gasteiger partial charge in [-0.25, -0.2) is 13.4 Å². The van der Waals surface area contributed by atoms with Gasteiger partial charge in [0.05, 0.1) is 21.2 Å². The number of sulfonamides is 1. The van der Waals surface area contributed by atoms with Crippen LogP contribution in [0.25, 0.3) is 11.3 Å². The number of benzene rings is 2. The summed E-state index contributed by atoms with van der Waals surface area (Å²) in [4.78, 5) is 3.68. The van der Waals surface area contributed by atoms with Gasteiger partial charge in [0.15, 0.2) is 11.5 Å². The summed E-state index contributed by atoms with van der Waals surface area (Å²) in [5.74, 6) is 0.311. The second kappa shape index (κ2) is 10.1. The molecule has 4 aromatic rings. The molecule has 0 aliphatic rings. The molecule has 8 nitrogen and oxygen atoms in total. The molecule has 37 heavy (non-hydrogen) atoms. The summed E-state index contributed by atoms with van der Waals surface area (Å²) < 4.78 is 73.9. The third kappa shape index (κ3) is 5.68. The predicted octanol–water partition coefficient (Wildman–Crippen LogP) is 6.10. The Balaban J connectivity index is 1.57. The fourth-order valence-electron chi connectivity index (χ4n) is 3.35. The molecule has 0 aliphatic carbocycles. The van der Waals surface area contributed by atoms with Gasteiger partial charge in [0, 0.05) is 18.3 Å². The van der Waals surface area contributed by atoms with Gasteiger partial charge < -0.3 is 4.74 Å². The van der Waals surface area contributed by atoms with Crippen LogP contribution in [0.4, 0.5) is 19.0 Å². The Morgan fingerprint density at radius 2 is 1.86 bits per heavy atom. The van der Waals surface area contributed by atoms with Crippen molar-refractivity contribution < 1.29 is 26.3 Å². The summed E-state index contributed by atoms with van der Waals surface area (Å²) >= 11 is 5.96. The number of rotatable bonds is 7. The summed E-state index contributed by atoms with van der Waals surface area (Å²) in [5.41, 5.74) is -0.274. The predicted molar refractivity (Wildman–Crippen MR) is 130 cm³/mol. The Hall–Kier alpha value is -4.08. The molecule has 0 saturated heterocycles. The van der Waals surface area contributed by atoms with Gasteiger partial charge in [-0.3, -0.25) is 9.40 Å². The molecule has 190 valence electrons. The fourth-order valence-corrected chi connectivity index (χ4v) is 4.63. The number of ether oxygens (including phenoxy) is 1. The van der Waals surface area contributed by atoms with E-state index in [2.05, 4.69) is 14.8 Å². The van der Waals surface area contributed by atoms with E-state index in [0.29, 0.717) is 5.56 Å². The van der Waals surface area contributed by atoms with Gasteiger partial charge >= 0.3 is 6.18 Å². The maximum Gasteiger partial charge on any atom is 0.435 e. The molecular formula is C24H17ClF3N5O3S. The molecule has 0 spiro atoms. The highest BCUT2D eigenvalue weighted by Gasteiger charge is 2.35. The van der Waals surface area contributed by atoms with Crippen LogP contribution in [0.15, 0.2) is 71.8 Å². The summed E-state index contributed by atoms with van der Waals surface area (Å²) in [6.07, 6.45) is -3.19. The third-order valence-corrected chi connectivity index (χ3v) is 6.76. The Morgan fingerprint density at radius 1 is 1.14 bits per heavy atom. The average Bonchev–Trinajstić information content (AvgIpc) is 3.31. The molecule has 2 heterocycles. The number of pyridine rings is 1. The van der Waals surface area contributed by atoms with Crippen LogP contribution in [0, 0.1) is 11.3 Å². The zero-order chi connectivity index (χ0) is 26.8. The Morgan fingerprint density at radius 3 is 2.49 bits per heavy atom. The van der Waals surface area contributed by atoms with Gasteiger partial charge in [-0.1, -0.05) is 11.6 Å². The lowest BCUT2D eigenvalue weighted by molar-refractivity contribution is -0.141. The molecule has 0 unspecified atom stereocenters. The van der Waals surface area contributed by atoms with Crippen LogP contribution in [0.3, 0.4) is 0 Å². The molecule has 0 atom stereocenters. The maximum absolute atomic E-state index is 13.1. The molecule has 0 aliphatic heterocycles. The number of aryl methyl sites for hydroxylation is 1.